The van der Waals surface area contributed by atoms with Crippen molar-refractivity contribution in [2.45, 2.75) is 0 Å². The minimum absolute atomic E-state index is 0.532. The number of aromatic nitrogens is 2. The van der Waals surface area contributed by atoms with Gasteiger partial charge in [0.2, 0.25) is 0 Å². The van der Waals surface area contributed by atoms with Gasteiger partial charge in [-0.3, -0.25) is 0 Å². The van der Waals surface area contributed by atoms with E-state index in [1.807, 2.05) is 0 Å². The summed E-state index contributed by atoms with van der Waals surface area (Å²) >= 11 is 0. The molecule has 41 valence electrons. The normalized spacial score (nSPS) is 9.12. The van der Waals surface area contributed by atoms with E-state index in [0.29, 0.717) is 11.3 Å². The van der Waals surface area contributed by atoms with Crippen LogP contribution in [0.1, 0.15) is 5.76 Å². The monoisotopic (exact) mass is 109 g/mol. The molecule has 0 saturated carbocycles. The molecule has 1 rings (SSSR count). The lowest BCUT2D eigenvalue weighted by molar-refractivity contribution is 0.385. The van der Waals surface area contributed by atoms with Crippen LogP contribution >= 0.6 is 0 Å². The summed E-state index contributed by atoms with van der Waals surface area (Å²) in [4.78, 5) is 0. The van der Waals surface area contributed by atoms with Crippen LogP contribution in [-0.2, 0) is 0 Å². The van der Waals surface area contributed by atoms with Crippen molar-refractivity contribution < 1.29 is 4.52 Å². The molecule has 0 atom stereocenters. The van der Waals surface area contributed by atoms with Gasteiger partial charge < -0.3 is 4.52 Å². The van der Waals surface area contributed by atoms with Gasteiger partial charge in [0, 0.05) is 5.27 Å². The summed E-state index contributed by atoms with van der Waals surface area (Å²) < 4.78 is 4.57. The molecule has 1 radical (unpaired) electrons. The Morgan fingerprint density at radius 1 is 1.75 bits per heavy atom. The highest BCUT2D eigenvalue weighted by Gasteiger charge is 1.94. The first kappa shape index (κ1) is 5.03. The van der Waals surface area contributed by atoms with Crippen molar-refractivity contribution in [3.8, 4) is 0 Å². The van der Waals surface area contributed by atoms with Crippen LogP contribution in [0, 0.1) is 6.92 Å². The minimum atomic E-state index is 0.532. The highest BCUT2D eigenvalue weighted by molar-refractivity contribution is 5.60. The number of rotatable bonds is 1. The molecule has 1 aromatic heterocycles. The molecule has 0 bridgehead atoms. The second kappa shape index (κ2) is 1.78. The molecular formula is C5H5N2O. The van der Waals surface area contributed by atoms with Gasteiger partial charge in [0.15, 0.2) is 5.76 Å². The minimum Gasteiger partial charge on any atom is -0.337 e. The predicted molar refractivity (Wildman–Crippen MR) is 28.7 cm³/mol. The van der Waals surface area contributed by atoms with Crippen molar-refractivity contribution in [3.05, 3.63) is 25.5 Å². The molecule has 0 fully saturated rings. The Morgan fingerprint density at radius 3 is 2.75 bits per heavy atom. The van der Waals surface area contributed by atoms with E-state index >= 15 is 0 Å². The predicted octanol–water partition coefficient (Wildman–Crippen LogP) is 0.917. The maximum atomic E-state index is 4.57. The van der Waals surface area contributed by atoms with E-state index in [2.05, 4.69) is 28.4 Å². The summed E-state index contributed by atoms with van der Waals surface area (Å²) in [6.45, 7) is 7.03. The van der Waals surface area contributed by atoms with Gasteiger partial charge in [-0.1, -0.05) is 6.58 Å². The summed E-state index contributed by atoms with van der Waals surface area (Å²) in [5, 5.41) is 6.64. The molecule has 0 unspecified atom stereocenters. The van der Waals surface area contributed by atoms with Crippen LogP contribution in [0.15, 0.2) is 17.3 Å². The Kier molecular flexibility index (Phi) is 1.12. The molecule has 0 saturated heterocycles. The topological polar surface area (TPSA) is 38.9 Å². The Labute approximate surface area is 47.0 Å². The summed E-state index contributed by atoms with van der Waals surface area (Å²) in [6.07, 6.45) is 1.47. The van der Waals surface area contributed by atoms with Gasteiger partial charge in [-0.25, -0.2) is 0 Å². The van der Waals surface area contributed by atoms with E-state index in [0.717, 1.165) is 0 Å². The van der Waals surface area contributed by atoms with E-state index < -0.39 is 0 Å². The van der Waals surface area contributed by atoms with Gasteiger partial charge in [-0.2, -0.15) is 0 Å². The van der Waals surface area contributed by atoms with Crippen LogP contribution in [0.4, 0.5) is 0 Å². The summed E-state index contributed by atoms with van der Waals surface area (Å²) in [5.74, 6) is 0.532. The number of hydrogen-bond acceptors (Lipinski definition) is 3. The molecule has 0 aliphatic rings. The highest BCUT2D eigenvalue weighted by atomic mass is 16.5. The molecule has 0 N–H and O–H groups in total. The van der Waals surface area contributed by atoms with Crippen LogP contribution in [0.2, 0.25) is 0 Å². The van der Waals surface area contributed by atoms with Crippen LogP contribution < -0.4 is 0 Å². The summed E-state index contributed by atoms with van der Waals surface area (Å²) in [6, 6.07) is 0. The zero-order valence-electron chi connectivity index (χ0n) is 4.29. The number of hydrogen-bond donors (Lipinski definition) is 0. The molecule has 0 aliphatic carbocycles. The molecule has 0 spiro atoms. The standard InChI is InChI=1S/C5H5N2O/c1-4(2)5-3-6-7-8-5/h3H,1-2H2. The molecule has 3 nitrogen and oxygen atoms in total. The van der Waals surface area contributed by atoms with Crippen molar-refractivity contribution in [1.82, 2.24) is 10.4 Å². The van der Waals surface area contributed by atoms with Gasteiger partial charge in [-0.15, -0.1) is 5.10 Å². The lowest BCUT2D eigenvalue weighted by Crippen LogP contribution is -1.67. The largest absolute Gasteiger partial charge is 0.337 e. The van der Waals surface area contributed by atoms with Gasteiger partial charge >= 0.3 is 0 Å². The fourth-order valence-electron chi connectivity index (χ4n) is 0.323. The third kappa shape index (κ3) is 0.753. The molecular weight excluding hydrogens is 104 g/mol. The van der Waals surface area contributed by atoms with Crippen LogP contribution in [0.5, 0.6) is 0 Å². The first-order valence-corrected chi connectivity index (χ1v) is 2.09. The molecule has 1 heterocycles. The SMILES string of the molecule is [CH2]C(=C)c1cnno1. The number of allylic oxidation sites excluding steroid dienone is 1. The molecule has 0 aliphatic heterocycles. The van der Waals surface area contributed by atoms with Crippen molar-refractivity contribution in [1.29, 1.82) is 0 Å². The highest BCUT2D eigenvalue weighted by Crippen LogP contribution is 2.05. The average Bonchev–Trinajstić information content (AvgIpc) is 2.12. The maximum absolute atomic E-state index is 4.57. The van der Waals surface area contributed by atoms with Gasteiger partial charge in [0.05, 0.1) is 6.20 Å². The second-order valence-electron chi connectivity index (χ2n) is 1.39. The fourth-order valence-corrected chi connectivity index (χ4v) is 0.323. The van der Waals surface area contributed by atoms with Crippen molar-refractivity contribution in [3.63, 3.8) is 0 Å². The zero-order valence-corrected chi connectivity index (χ0v) is 4.29. The fraction of sp³-hybridized carbons (Fsp3) is 0. The molecule has 3 heteroatoms. The Balaban J connectivity index is 2.93. The Hall–Kier alpha value is -1.12. The van der Waals surface area contributed by atoms with Crippen LogP contribution in [0.25, 0.3) is 5.57 Å². The van der Waals surface area contributed by atoms with E-state index in [9.17, 15) is 0 Å². The van der Waals surface area contributed by atoms with Crippen molar-refractivity contribution >= 4 is 5.57 Å². The first-order chi connectivity index (χ1) is 3.80. The third-order valence-corrected chi connectivity index (χ3v) is 0.710. The summed E-state index contributed by atoms with van der Waals surface area (Å²) in [7, 11) is 0. The van der Waals surface area contributed by atoms with Crippen LogP contribution in [-0.4, -0.2) is 10.4 Å². The molecule has 8 heavy (non-hydrogen) atoms. The van der Waals surface area contributed by atoms with Gasteiger partial charge in [0.25, 0.3) is 0 Å². The quantitative estimate of drug-likeness (QED) is 0.538. The third-order valence-electron chi connectivity index (χ3n) is 0.710. The van der Waals surface area contributed by atoms with Gasteiger partial charge in [0.1, 0.15) is 0 Å². The molecule has 0 amide bonds. The van der Waals surface area contributed by atoms with Crippen molar-refractivity contribution in [2.75, 3.05) is 0 Å². The Morgan fingerprint density at radius 2 is 2.50 bits per heavy atom. The van der Waals surface area contributed by atoms with E-state index in [4.69, 9.17) is 0 Å². The molecule has 1 aromatic rings. The lowest BCUT2D eigenvalue weighted by atomic mass is 10.3. The van der Waals surface area contributed by atoms with Gasteiger partial charge in [-0.05, 0) is 12.5 Å². The van der Waals surface area contributed by atoms with E-state index in [1.54, 1.807) is 0 Å². The van der Waals surface area contributed by atoms with Crippen molar-refractivity contribution in [2.24, 2.45) is 0 Å². The number of nitrogens with zero attached hydrogens (tertiary/aromatic N) is 2. The maximum Gasteiger partial charge on any atom is 0.182 e. The van der Waals surface area contributed by atoms with E-state index in [1.165, 1.54) is 6.20 Å². The Bertz CT molecular complexity index is 178. The summed E-state index contributed by atoms with van der Waals surface area (Å²) in [5.41, 5.74) is 0.593. The second-order valence-corrected chi connectivity index (χ2v) is 1.39. The zero-order chi connectivity index (χ0) is 5.98. The lowest BCUT2D eigenvalue weighted by Gasteiger charge is -1.81. The van der Waals surface area contributed by atoms with E-state index in [-0.39, 0.29) is 0 Å². The van der Waals surface area contributed by atoms with Crippen LogP contribution in [0.3, 0.4) is 0 Å². The average molecular weight is 109 g/mol. The first-order valence-electron chi connectivity index (χ1n) is 2.09. The molecule has 0 aromatic carbocycles. The smallest absolute Gasteiger partial charge is 0.182 e.